The molecule has 0 fully saturated rings. The van der Waals surface area contributed by atoms with Crippen LogP contribution in [0.15, 0.2) is 12.1 Å². The third kappa shape index (κ3) is 4.91. The van der Waals surface area contributed by atoms with E-state index in [-0.39, 0.29) is 19.5 Å². The fraction of sp³-hybridized carbons (Fsp3) is 0.444. The minimum absolute atomic E-state index is 0.0735. The SMILES string of the molecule is CN(CCC(=O)O)S(=O)(=O)NCc1ccc(Cl)s1. The van der Waals surface area contributed by atoms with Gasteiger partial charge in [-0.1, -0.05) is 11.6 Å². The largest absolute Gasteiger partial charge is 0.481 e. The van der Waals surface area contributed by atoms with Crippen LogP contribution >= 0.6 is 22.9 Å². The van der Waals surface area contributed by atoms with Crippen LogP contribution in [-0.4, -0.2) is 37.4 Å². The molecular weight excluding hydrogens is 300 g/mol. The molecule has 2 N–H and O–H groups in total. The second-order valence-corrected chi connectivity index (χ2v) is 7.16. The van der Waals surface area contributed by atoms with Crippen molar-refractivity contribution in [2.75, 3.05) is 13.6 Å². The number of carboxylic acids is 1. The summed E-state index contributed by atoms with van der Waals surface area (Å²) in [7, 11) is -2.34. The van der Waals surface area contributed by atoms with Crippen LogP contribution in [0.4, 0.5) is 0 Å². The van der Waals surface area contributed by atoms with Gasteiger partial charge in [0.1, 0.15) is 0 Å². The third-order valence-electron chi connectivity index (χ3n) is 2.11. The Labute approximate surface area is 114 Å². The van der Waals surface area contributed by atoms with Crippen molar-refractivity contribution in [1.82, 2.24) is 9.03 Å². The van der Waals surface area contributed by atoms with Crippen molar-refractivity contribution in [3.05, 3.63) is 21.3 Å². The Morgan fingerprint density at radius 1 is 1.56 bits per heavy atom. The monoisotopic (exact) mass is 312 g/mol. The number of thiophene rings is 1. The second kappa shape index (κ2) is 6.48. The number of carboxylic acid groups (broad SMARTS) is 1. The van der Waals surface area contributed by atoms with E-state index < -0.39 is 16.2 Å². The van der Waals surface area contributed by atoms with Gasteiger partial charge in [-0.3, -0.25) is 4.79 Å². The second-order valence-electron chi connectivity index (χ2n) is 3.50. The van der Waals surface area contributed by atoms with E-state index >= 15 is 0 Å². The van der Waals surface area contributed by atoms with E-state index in [4.69, 9.17) is 16.7 Å². The lowest BCUT2D eigenvalue weighted by Gasteiger charge is -2.16. The number of halogens is 1. The van der Waals surface area contributed by atoms with Crippen LogP contribution < -0.4 is 4.72 Å². The van der Waals surface area contributed by atoms with Gasteiger partial charge in [0.2, 0.25) is 0 Å². The maximum Gasteiger partial charge on any atom is 0.304 e. The Balaban J connectivity index is 2.51. The molecule has 1 rings (SSSR count). The van der Waals surface area contributed by atoms with Crippen molar-refractivity contribution >= 4 is 39.1 Å². The average Bonchev–Trinajstić information content (AvgIpc) is 2.69. The minimum atomic E-state index is -3.66. The molecule has 102 valence electrons. The van der Waals surface area contributed by atoms with Crippen molar-refractivity contribution in [1.29, 1.82) is 0 Å². The Morgan fingerprint density at radius 3 is 2.72 bits per heavy atom. The van der Waals surface area contributed by atoms with Crippen molar-refractivity contribution in [3.63, 3.8) is 0 Å². The maximum atomic E-state index is 11.7. The zero-order valence-electron chi connectivity index (χ0n) is 9.59. The first kappa shape index (κ1) is 15.4. The summed E-state index contributed by atoms with van der Waals surface area (Å²) >= 11 is 7.01. The summed E-state index contributed by atoms with van der Waals surface area (Å²) in [4.78, 5) is 11.1. The van der Waals surface area contributed by atoms with Crippen LogP contribution in [0.3, 0.4) is 0 Å². The van der Waals surface area contributed by atoms with Gasteiger partial charge in [0, 0.05) is 25.0 Å². The quantitative estimate of drug-likeness (QED) is 0.790. The molecule has 0 aliphatic carbocycles. The van der Waals surface area contributed by atoms with Gasteiger partial charge in [0.25, 0.3) is 10.2 Å². The topological polar surface area (TPSA) is 86.7 Å². The van der Waals surface area contributed by atoms with E-state index in [9.17, 15) is 13.2 Å². The molecule has 0 aliphatic heterocycles. The van der Waals surface area contributed by atoms with Crippen LogP contribution in [0.1, 0.15) is 11.3 Å². The molecule has 0 bridgehead atoms. The number of hydrogen-bond donors (Lipinski definition) is 2. The van der Waals surface area contributed by atoms with Gasteiger partial charge >= 0.3 is 5.97 Å². The van der Waals surface area contributed by atoms with Crippen LogP contribution in [-0.2, 0) is 21.5 Å². The van der Waals surface area contributed by atoms with E-state index in [1.54, 1.807) is 12.1 Å². The van der Waals surface area contributed by atoms with Gasteiger partial charge in [-0.15, -0.1) is 11.3 Å². The molecule has 0 atom stereocenters. The zero-order valence-corrected chi connectivity index (χ0v) is 12.0. The zero-order chi connectivity index (χ0) is 13.8. The Kier molecular flexibility index (Phi) is 5.54. The maximum absolute atomic E-state index is 11.7. The van der Waals surface area contributed by atoms with Gasteiger partial charge in [0.05, 0.1) is 10.8 Å². The Hall–Kier alpha value is -0.670. The lowest BCUT2D eigenvalue weighted by molar-refractivity contribution is -0.137. The normalized spacial score (nSPS) is 11.9. The summed E-state index contributed by atoms with van der Waals surface area (Å²) in [6.07, 6.45) is -0.234. The molecule has 0 saturated carbocycles. The summed E-state index contributed by atoms with van der Waals surface area (Å²) in [5.74, 6) is -1.04. The summed E-state index contributed by atoms with van der Waals surface area (Å²) in [5, 5.41) is 8.48. The fourth-order valence-electron chi connectivity index (χ4n) is 1.09. The summed E-state index contributed by atoms with van der Waals surface area (Å²) < 4.78 is 27.4. The molecule has 0 radical (unpaired) electrons. The summed E-state index contributed by atoms with van der Waals surface area (Å²) in [5.41, 5.74) is 0. The molecule has 6 nitrogen and oxygen atoms in total. The molecule has 0 aliphatic rings. The van der Waals surface area contributed by atoms with Crippen LogP contribution in [0.5, 0.6) is 0 Å². The first-order valence-corrected chi connectivity index (χ1v) is 7.61. The smallest absolute Gasteiger partial charge is 0.304 e. The Bertz CT molecular complexity index is 514. The van der Waals surface area contributed by atoms with Crippen LogP contribution in [0.2, 0.25) is 4.34 Å². The highest BCUT2D eigenvalue weighted by atomic mass is 35.5. The summed E-state index contributed by atoms with van der Waals surface area (Å²) in [6.45, 7) is 0.0625. The Morgan fingerprint density at radius 2 is 2.22 bits per heavy atom. The first-order valence-electron chi connectivity index (χ1n) is 4.98. The van der Waals surface area contributed by atoms with E-state index in [0.29, 0.717) is 4.34 Å². The molecule has 1 aromatic rings. The predicted molar refractivity (Wildman–Crippen MR) is 70.0 cm³/mol. The predicted octanol–water partition coefficient (Wildman–Crippen LogP) is 1.14. The lowest BCUT2D eigenvalue weighted by Crippen LogP contribution is -2.38. The average molecular weight is 313 g/mol. The van der Waals surface area contributed by atoms with E-state index in [0.717, 1.165) is 9.18 Å². The van der Waals surface area contributed by atoms with Gasteiger partial charge < -0.3 is 5.11 Å². The molecule has 0 aromatic carbocycles. The van der Waals surface area contributed by atoms with Gasteiger partial charge in [0.15, 0.2) is 0 Å². The number of rotatable bonds is 7. The van der Waals surface area contributed by atoms with Crippen LogP contribution in [0.25, 0.3) is 0 Å². The molecule has 0 spiro atoms. The van der Waals surface area contributed by atoms with Crippen molar-refractivity contribution < 1.29 is 18.3 Å². The number of nitrogens with one attached hydrogen (secondary N) is 1. The van der Waals surface area contributed by atoms with E-state index in [1.807, 2.05) is 0 Å². The van der Waals surface area contributed by atoms with Crippen molar-refractivity contribution in [2.45, 2.75) is 13.0 Å². The number of nitrogens with zero attached hydrogens (tertiary/aromatic N) is 1. The molecule has 0 saturated heterocycles. The molecule has 9 heteroatoms. The molecule has 0 amide bonds. The number of aliphatic carboxylic acids is 1. The van der Waals surface area contributed by atoms with Gasteiger partial charge in [-0.2, -0.15) is 17.4 Å². The lowest BCUT2D eigenvalue weighted by atomic mass is 10.4. The highest BCUT2D eigenvalue weighted by molar-refractivity contribution is 7.87. The van der Waals surface area contributed by atoms with Crippen LogP contribution in [0, 0.1) is 0 Å². The highest BCUT2D eigenvalue weighted by Crippen LogP contribution is 2.21. The first-order chi connectivity index (χ1) is 8.31. The molecule has 1 heterocycles. The van der Waals surface area contributed by atoms with Gasteiger partial charge in [-0.05, 0) is 12.1 Å². The molecule has 18 heavy (non-hydrogen) atoms. The van der Waals surface area contributed by atoms with Crippen molar-refractivity contribution in [3.8, 4) is 0 Å². The van der Waals surface area contributed by atoms with Gasteiger partial charge in [-0.25, -0.2) is 0 Å². The summed E-state index contributed by atoms with van der Waals surface area (Å²) in [6, 6.07) is 3.41. The number of carbonyl (C=O) groups is 1. The third-order valence-corrected chi connectivity index (χ3v) is 4.85. The highest BCUT2D eigenvalue weighted by Gasteiger charge is 2.18. The van der Waals surface area contributed by atoms with Crippen molar-refractivity contribution in [2.24, 2.45) is 0 Å². The fourth-order valence-corrected chi connectivity index (χ4v) is 3.10. The minimum Gasteiger partial charge on any atom is -0.481 e. The number of hydrogen-bond acceptors (Lipinski definition) is 4. The molecular formula is C9H13ClN2O4S2. The molecule has 0 unspecified atom stereocenters. The molecule has 1 aromatic heterocycles. The standard InChI is InChI=1S/C9H13ClN2O4S2/c1-12(5-4-9(13)14)18(15,16)11-6-7-2-3-8(10)17-7/h2-3,11H,4-6H2,1H3,(H,13,14). The van der Waals surface area contributed by atoms with E-state index in [2.05, 4.69) is 4.72 Å². The van der Waals surface area contributed by atoms with E-state index in [1.165, 1.54) is 18.4 Å².